The second kappa shape index (κ2) is 8.10. The minimum absolute atomic E-state index is 0.159. The summed E-state index contributed by atoms with van der Waals surface area (Å²) < 4.78 is 46.4. The number of hydrogen-bond acceptors (Lipinski definition) is 8. The van der Waals surface area contributed by atoms with E-state index in [-0.39, 0.29) is 35.5 Å². The van der Waals surface area contributed by atoms with Crippen molar-refractivity contribution in [3.05, 3.63) is 41.9 Å². The van der Waals surface area contributed by atoms with E-state index in [0.29, 0.717) is 18.0 Å². The number of ether oxygens (including phenoxy) is 1. The molecule has 2 unspecified atom stereocenters. The third-order valence-corrected chi connectivity index (χ3v) is 5.85. The fraction of sp³-hybridized carbons (Fsp3) is 0.450. The van der Waals surface area contributed by atoms with Crippen LogP contribution in [0.5, 0.6) is 5.75 Å². The maximum absolute atomic E-state index is 12.4. The number of rotatable bonds is 4. The van der Waals surface area contributed by atoms with E-state index in [0.717, 1.165) is 31.6 Å². The Morgan fingerprint density at radius 3 is 2.62 bits per heavy atom. The number of alkyl halides is 3. The molecule has 0 radical (unpaired) electrons. The van der Waals surface area contributed by atoms with Gasteiger partial charge in [0.1, 0.15) is 11.9 Å². The first-order chi connectivity index (χ1) is 15.4. The Morgan fingerprint density at radius 1 is 1.16 bits per heavy atom. The van der Waals surface area contributed by atoms with Crippen molar-refractivity contribution in [3.8, 4) is 17.1 Å². The van der Waals surface area contributed by atoms with Crippen LogP contribution in [-0.4, -0.2) is 53.2 Å². The number of hydrogen-bond donors (Lipinski definition) is 3. The highest BCUT2D eigenvalue weighted by molar-refractivity contribution is 5.89. The molecule has 170 valence electrons. The molecule has 32 heavy (non-hydrogen) atoms. The fourth-order valence-electron chi connectivity index (χ4n) is 4.36. The molecule has 0 aliphatic carbocycles. The molecule has 2 fully saturated rings. The SMILES string of the molecule is O=C1C=C(C2CCNCC2)N2NCC(c3nc(-c4ccc(OC(F)(F)F)cc4)no3)C2N1. The molecule has 4 heterocycles. The van der Waals surface area contributed by atoms with Crippen molar-refractivity contribution in [3.63, 3.8) is 0 Å². The zero-order valence-electron chi connectivity index (χ0n) is 16.9. The standard InChI is InChI=1S/C20H21F3N6O3/c21-20(22,23)31-13-3-1-12(2-4-13)17-27-19(32-28-17)14-10-25-29-15(9-16(30)26-18(14)29)11-5-7-24-8-6-11/h1-4,9,11,14,18,24-25H,5-8,10H2,(H,26,30). The molecule has 0 saturated carbocycles. The number of nitrogens with zero attached hydrogens (tertiary/aromatic N) is 3. The van der Waals surface area contributed by atoms with Gasteiger partial charge in [0.25, 0.3) is 0 Å². The Kier molecular flexibility index (Phi) is 5.25. The first-order valence-electron chi connectivity index (χ1n) is 10.3. The third kappa shape index (κ3) is 4.15. The number of aromatic nitrogens is 2. The molecule has 1 amide bonds. The van der Waals surface area contributed by atoms with Crippen molar-refractivity contribution in [2.45, 2.75) is 31.3 Å². The highest BCUT2D eigenvalue weighted by Gasteiger charge is 2.44. The van der Waals surface area contributed by atoms with E-state index < -0.39 is 6.36 Å². The topological polar surface area (TPSA) is 105 Å². The van der Waals surface area contributed by atoms with Crippen LogP contribution in [0.25, 0.3) is 11.4 Å². The smallest absolute Gasteiger partial charge is 0.406 e. The first-order valence-corrected chi connectivity index (χ1v) is 10.3. The number of fused-ring (bicyclic) bond motifs is 1. The third-order valence-electron chi connectivity index (χ3n) is 5.85. The Morgan fingerprint density at radius 2 is 1.91 bits per heavy atom. The summed E-state index contributed by atoms with van der Waals surface area (Å²) in [5.74, 6) is 0.0946. The van der Waals surface area contributed by atoms with Crippen LogP contribution in [0.1, 0.15) is 24.7 Å². The summed E-state index contributed by atoms with van der Waals surface area (Å²) in [6, 6.07) is 5.23. The van der Waals surface area contributed by atoms with E-state index in [1.54, 1.807) is 6.08 Å². The van der Waals surface area contributed by atoms with Crippen molar-refractivity contribution >= 4 is 5.91 Å². The number of nitrogens with one attached hydrogen (secondary N) is 3. The number of carbonyl (C=O) groups is 1. The molecule has 2 atom stereocenters. The molecule has 0 bridgehead atoms. The summed E-state index contributed by atoms with van der Waals surface area (Å²) in [5.41, 5.74) is 4.78. The molecule has 12 heteroatoms. The van der Waals surface area contributed by atoms with Crippen LogP contribution in [0, 0.1) is 5.92 Å². The van der Waals surface area contributed by atoms with Crippen LogP contribution in [-0.2, 0) is 4.79 Å². The van der Waals surface area contributed by atoms with Gasteiger partial charge >= 0.3 is 6.36 Å². The van der Waals surface area contributed by atoms with E-state index in [1.165, 1.54) is 24.3 Å². The minimum atomic E-state index is -4.76. The number of benzene rings is 1. The van der Waals surface area contributed by atoms with E-state index in [4.69, 9.17) is 4.52 Å². The molecule has 1 aromatic heterocycles. The predicted molar refractivity (Wildman–Crippen MR) is 105 cm³/mol. The fourth-order valence-corrected chi connectivity index (χ4v) is 4.36. The average molecular weight is 450 g/mol. The second-order valence-corrected chi connectivity index (χ2v) is 7.91. The highest BCUT2D eigenvalue weighted by Crippen LogP contribution is 2.35. The lowest BCUT2D eigenvalue weighted by molar-refractivity contribution is -0.274. The summed E-state index contributed by atoms with van der Waals surface area (Å²) in [4.78, 5) is 16.8. The van der Waals surface area contributed by atoms with Gasteiger partial charge in [0.15, 0.2) is 0 Å². The number of halogens is 3. The second-order valence-electron chi connectivity index (χ2n) is 7.91. The Balaban J connectivity index is 1.33. The van der Waals surface area contributed by atoms with Gasteiger partial charge in [-0.3, -0.25) is 9.80 Å². The van der Waals surface area contributed by atoms with Crippen molar-refractivity contribution in [1.29, 1.82) is 0 Å². The van der Waals surface area contributed by atoms with E-state index in [9.17, 15) is 18.0 Å². The maximum atomic E-state index is 12.4. The molecule has 3 N–H and O–H groups in total. The monoisotopic (exact) mass is 450 g/mol. The van der Waals surface area contributed by atoms with Crippen molar-refractivity contribution in [1.82, 2.24) is 31.2 Å². The van der Waals surface area contributed by atoms with E-state index in [1.807, 2.05) is 5.01 Å². The molecule has 0 spiro atoms. The minimum Gasteiger partial charge on any atom is -0.406 e. The van der Waals surface area contributed by atoms with Crippen LogP contribution in [0.2, 0.25) is 0 Å². The van der Waals surface area contributed by atoms with Crippen LogP contribution in [0.15, 0.2) is 40.6 Å². The molecular formula is C20H21F3N6O3. The number of amides is 1. The largest absolute Gasteiger partial charge is 0.573 e. The predicted octanol–water partition coefficient (Wildman–Crippen LogP) is 1.88. The van der Waals surface area contributed by atoms with Crippen LogP contribution in [0.4, 0.5) is 13.2 Å². The van der Waals surface area contributed by atoms with E-state index in [2.05, 4.69) is 30.9 Å². The first kappa shape index (κ1) is 20.8. The van der Waals surface area contributed by atoms with Gasteiger partial charge < -0.3 is 19.9 Å². The molecule has 3 aliphatic heterocycles. The Labute approximate surface area is 180 Å². The molecule has 2 saturated heterocycles. The average Bonchev–Trinajstić information content (AvgIpc) is 3.40. The van der Waals surface area contributed by atoms with Gasteiger partial charge in [0.05, 0.1) is 5.92 Å². The van der Waals surface area contributed by atoms with Crippen LogP contribution < -0.4 is 20.8 Å². The van der Waals surface area contributed by atoms with E-state index >= 15 is 0 Å². The van der Waals surface area contributed by atoms with Crippen molar-refractivity contribution in [2.75, 3.05) is 19.6 Å². The Hall–Kier alpha value is -3.12. The van der Waals surface area contributed by atoms with Gasteiger partial charge in [-0.15, -0.1) is 13.2 Å². The normalized spacial score (nSPS) is 24.2. The molecular weight excluding hydrogens is 429 g/mol. The quantitative estimate of drug-likeness (QED) is 0.649. The zero-order valence-corrected chi connectivity index (χ0v) is 16.9. The van der Waals surface area contributed by atoms with Crippen LogP contribution in [0.3, 0.4) is 0 Å². The lowest BCUT2D eigenvalue weighted by Gasteiger charge is -2.38. The summed E-state index contributed by atoms with van der Waals surface area (Å²) in [5, 5.41) is 12.2. The zero-order chi connectivity index (χ0) is 22.3. The van der Waals surface area contributed by atoms with Gasteiger partial charge in [-0.1, -0.05) is 5.16 Å². The number of allylic oxidation sites excluding steroid dienone is 1. The van der Waals surface area contributed by atoms with Gasteiger partial charge in [-0.2, -0.15) is 4.98 Å². The van der Waals surface area contributed by atoms with Gasteiger partial charge in [-0.05, 0) is 50.2 Å². The number of carbonyl (C=O) groups excluding carboxylic acids is 1. The lowest BCUT2D eigenvalue weighted by atomic mass is 9.92. The molecule has 5 rings (SSSR count). The Bertz CT molecular complexity index is 1020. The number of hydrazine groups is 1. The highest BCUT2D eigenvalue weighted by atomic mass is 19.4. The summed E-state index contributed by atoms with van der Waals surface area (Å²) in [6.07, 6.45) is -1.58. The molecule has 1 aromatic carbocycles. The summed E-state index contributed by atoms with van der Waals surface area (Å²) in [7, 11) is 0. The molecule has 9 nitrogen and oxygen atoms in total. The summed E-state index contributed by atoms with van der Waals surface area (Å²) >= 11 is 0. The lowest BCUT2D eigenvalue weighted by Crippen LogP contribution is -2.53. The van der Waals surface area contributed by atoms with Crippen molar-refractivity contribution in [2.24, 2.45) is 5.92 Å². The van der Waals surface area contributed by atoms with Gasteiger partial charge in [-0.25, -0.2) is 5.43 Å². The van der Waals surface area contributed by atoms with Gasteiger partial charge in [0, 0.05) is 29.8 Å². The molecule has 3 aliphatic rings. The number of piperidine rings is 1. The summed E-state index contributed by atoms with van der Waals surface area (Å²) in [6.45, 7) is 2.31. The van der Waals surface area contributed by atoms with Gasteiger partial charge in [0.2, 0.25) is 17.6 Å². The maximum Gasteiger partial charge on any atom is 0.573 e. The van der Waals surface area contributed by atoms with Crippen LogP contribution >= 0.6 is 0 Å². The molecule has 2 aromatic rings. The van der Waals surface area contributed by atoms with Crippen molar-refractivity contribution < 1.29 is 27.2 Å².